The van der Waals surface area contributed by atoms with Crippen molar-refractivity contribution in [1.82, 2.24) is 0 Å². The highest BCUT2D eigenvalue weighted by Gasteiger charge is 2.11. The number of benzene rings is 1. The van der Waals surface area contributed by atoms with E-state index < -0.39 is 5.97 Å². The molecule has 0 aliphatic rings. The van der Waals surface area contributed by atoms with Crippen molar-refractivity contribution in [1.29, 1.82) is 5.26 Å². The highest BCUT2D eigenvalue weighted by atomic mass is 16.4. The second-order valence-corrected chi connectivity index (χ2v) is 3.30. The Morgan fingerprint density at radius 1 is 1.38 bits per heavy atom. The normalized spacial score (nSPS) is 11.4. The van der Waals surface area contributed by atoms with Gasteiger partial charge in [0, 0.05) is 5.70 Å². The molecule has 0 radical (unpaired) electrons. The minimum Gasteiger partial charge on any atom is -0.477 e. The average molecular weight is 216 g/mol. The molecule has 16 heavy (non-hydrogen) atoms. The molecule has 0 aliphatic carbocycles. The number of rotatable bonds is 4. The molecule has 0 atom stereocenters. The van der Waals surface area contributed by atoms with Crippen LogP contribution in [0.5, 0.6) is 0 Å². The van der Waals surface area contributed by atoms with Crippen molar-refractivity contribution in [3.05, 3.63) is 47.2 Å². The van der Waals surface area contributed by atoms with Crippen LogP contribution in [-0.4, -0.2) is 11.1 Å². The third-order valence-electron chi connectivity index (χ3n) is 2.17. The van der Waals surface area contributed by atoms with Gasteiger partial charge in [0.25, 0.3) is 0 Å². The van der Waals surface area contributed by atoms with Crippen LogP contribution in [0.25, 0.3) is 0 Å². The van der Waals surface area contributed by atoms with Crippen LogP contribution in [0.1, 0.15) is 12.0 Å². The molecule has 4 nitrogen and oxygen atoms in total. The second kappa shape index (κ2) is 5.56. The molecule has 0 bridgehead atoms. The van der Waals surface area contributed by atoms with Crippen molar-refractivity contribution in [3.8, 4) is 6.07 Å². The number of nitrogens with two attached hydrogens (primary N) is 1. The molecule has 4 heteroatoms. The minimum absolute atomic E-state index is 0.124. The first-order valence-corrected chi connectivity index (χ1v) is 4.81. The third-order valence-corrected chi connectivity index (χ3v) is 2.17. The average Bonchev–Trinajstić information content (AvgIpc) is 2.28. The molecule has 0 fully saturated rings. The van der Waals surface area contributed by atoms with E-state index >= 15 is 0 Å². The zero-order valence-electron chi connectivity index (χ0n) is 8.68. The lowest BCUT2D eigenvalue weighted by Crippen LogP contribution is -2.10. The van der Waals surface area contributed by atoms with Gasteiger partial charge in [-0.25, -0.2) is 4.79 Å². The molecule has 0 heterocycles. The molecule has 0 saturated heterocycles. The zero-order valence-corrected chi connectivity index (χ0v) is 8.68. The van der Waals surface area contributed by atoms with E-state index in [0.29, 0.717) is 12.8 Å². The van der Waals surface area contributed by atoms with Gasteiger partial charge >= 0.3 is 5.97 Å². The van der Waals surface area contributed by atoms with Gasteiger partial charge in [-0.2, -0.15) is 5.26 Å². The van der Waals surface area contributed by atoms with E-state index in [1.807, 2.05) is 30.3 Å². The molecule has 0 aliphatic heterocycles. The van der Waals surface area contributed by atoms with E-state index in [1.54, 1.807) is 6.07 Å². The Balaban J connectivity index is 2.69. The lowest BCUT2D eigenvalue weighted by Gasteiger charge is -2.02. The van der Waals surface area contributed by atoms with Crippen LogP contribution < -0.4 is 5.73 Å². The molecule has 82 valence electrons. The number of carbonyl (C=O) groups is 1. The van der Waals surface area contributed by atoms with Crippen molar-refractivity contribution < 1.29 is 9.90 Å². The van der Waals surface area contributed by atoms with Gasteiger partial charge in [0.2, 0.25) is 0 Å². The lowest BCUT2D eigenvalue weighted by molar-refractivity contribution is -0.132. The maximum absolute atomic E-state index is 10.6. The second-order valence-electron chi connectivity index (χ2n) is 3.30. The third kappa shape index (κ3) is 3.14. The van der Waals surface area contributed by atoms with E-state index in [1.165, 1.54) is 0 Å². The lowest BCUT2D eigenvalue weighted by atomic mass is 10.1. The highest BCUT2D eigenvalue weighted by molar-refractivity contribution is 5.91. The van der Waals surface area contributed by atoms with Crippen molar-refractivity contribution in [3.63, 3.8) is 0 Å². The predicted octanol–water partition coefficient (Wildman–Crippen LogP) is 1.44. The summed E-state index contributed by atoms with van der Waals surface area (Å²) < 4.78 is 0. The van der Waals surface area contributed by atoms with Crippen LogP contribution in [0.15, 0.2) is 41.6 Å². The molecular formula is C12H12N2O2. The van der Waals surface area contributed by atoms with Crippen LogP contribution in [0, 0.1) is 11.3 Å². The molecule has 3 N–H and O–H groups in total. The summed E-state index contributed by atoms with van der Waals surface area (Å²) in [4.78, 5) is 10.6. The molecule has 0 spiro atoms. The number of aryl methyl sites for hydroxylation is 1. The molecule has 1 rings (SSSR count). The first-order chi connectivity index (χ1) is 7.65. The fraction of sp³-hybridized carbons (Fsp3) is 0.167. The van der Waals surface area contributed by atoms with Gasteiger partial charge in [-0.15, -0.1) is 0 Å². The van der Waals surface area contributed by atoms with Crippen molar-refractivity contribution >= 4 is 5.97 Å². The van der Waals surface area contributed by atoms with E-state index in [4.69, 9.17) is 16.1 Å². The van der Waals surface area contributed by atoms with Gasteiger partial charge in [-0.3, -0.25) is 0 Å². The summed E-state index contributed by atoms with van der Waals surface area (Å²) in [5.74, 6) is -1.27. The minimum atomic E-state index is -1.27. The standard InChI is InChI=1S/C12H12N2O2/c13-8-10(12(15)16)11(14)7-6-9-4-2-1-3-5-9/h1-5H,6-7,14H2,(H,15,16). The van der Waals surface area contributed by atoms with Crippen LogP contribution in [-0.2, 0) is 11.2 Å². The maximum Gasteiger partial charge on any atom is 0.348 e. The molecule has 1 aromatic carbocycles. The Morgan fingerprint density at radius 2 is 2.00 bits per heavy atom. The number of carboxylic acids is 1. The molecular weight excluding hydrogens is 204 g/mol. The van der Waals surface area contributed by atoms with E-state index in [0.717, 1.165) is 5.56 Å². The molecule has 0 amide bonds. The molecule has 0 saturated carbocycles. The number of aliphatic carboxylic acids is 1. The predicted molar refractivity (Wildman–Crippen MR) is 59.2 cm³/mol. The SMILES string of the molecule is N#CC(C(=O)O)=C(N)CCc1ccccc1. The summed E-state index contributed by atoms with van der Waals surface area (Å²) in [6.07, 6.45) is 1.00. The van der Waals surface area contributed by atoms with Crippen molar-refractivity contribution in [2.24, 2.45) is 5.73 Å². The van der Waals surface area contributed by atoms with Crippen LogP contribution in [0.2, 0.25) is 0 Å². The highest BCUT2D eigenvalue weighted by Crippen LogP contribution is 2.09. The fourth-order valence-corrected chi connectivity index (χ4v) is 1.31. The fourth-order valence-electron chi connectivity index (χ4n) is 1.31. The van der Waals surface area contributed by atoms with Gasteiger partial charge in [0.15, 0.2) is 5.57 Å². The molecule has 0 aromatic heterocycles. The molecule has 0 unspecified atom stereocenters. The summed E-state index contributed by atoms with van der Waals surface area (Å²) in [6, 6.07) is 11.2. The monoisotopic (exact) mass is 216 g/mol. The van der Waals surface area contributed by atoms with Gasteiger partial charge in [0.05, 0.1) is 0 Å². The maximum atomic E-state index is 10.6. The quantitative estimate of drug-likeness (QED) is 0.589. The van der Waals surface area contributed by atoms with Gasteiger partial charge in [-0.1, -0.05) is 30.3 Å². The number of nitriles is 1. The van der Waals surface area contributed by atoms with E-state index in [2.05, 4.69) is 0 Å². The summed E-state index contributed by atoms with van der Waals surface area (Å²) in [6.45, 7) is 0. The Bertz CT molecular complexity index is 444. The van der Waals surface area contributed by atoms with E-state index in [-0.39, 0.29) is 11.3 Å². The first kappa shape index (κ1) is 11.8. The topological polar surface area (TPSA) is 87.1 Å². The van der Waals surface area contributed by atoms with Gasteiger partial charge < -0.3 is 10.8 Å². The van der Waals surface area contributed by atoms with Gasteiger partial charge in [0.1, 0.15) is 6.07 Å². The summed E-state index contributed by atoms with van der Waals surface area (Å²) in [7, 11) is 0. The largest absolute Gasteiger partial charge is 0.477 e. The Morgan fingerprint density at radius 3 is 2.50 bits per heavy atom. The number of hydrogen-bond acceptors (Lipinski definition) is 3. The number of carboxylic acid groups (broad SMARTS) is 1. The number of nitrogens with zero attached hydrogens (tertiary/aromatic N) is 1. The first-order valence-electron chi connectivity index (χ1n) is 4.81. The zero-order chi connectivity index (χ0) is 12.0. The van der Waals surface area contributed by atoms with Crippen LogP contribution in [0.4, 0.5) is 0 Å². The Labute approximate surface area is 93.6 Å². The van der Waals surface area contributed by atoms with E-state index in [9.17, 15) is 4.79 Å². The summed E-state index contributed by atoms with van der Waals surface area (Å²) in [5.41, 5.74) is 6.38. The smallest absolute Gasteiger partial charge is 0.348 e. The Kier molecular flexibility index (Phi) is 4.10. The Hall–Kier alpha value is -2.28. The van der Waals surface area contributed by atoms with Crippen LogP contribution in [0.3, 0.4) is 0 Å². The molecule has 1 aromatic rings. The summed E-state index contributed by atoms with van der Waals surface area (Å²) >= 11 is 0. The van der Waals surface area contributed by atoms with Gasteiger partial charge in [-0.05, 0) is 18.4 Å². The van der Waals surface area contributed by atoms with Crippen molar-refractivity contribution in [2.45, 2.75) is 12.8 Å². The van der Waals surface area contributed by atoms with Crippen molar-refractivity contribution in [2.75, 3.05) is 0 Å². The summed E-state index contributed by atoms with van der Waals surface area (Å²) in [5, 5.41) is 17.3. The van der Waals surface area contributed by atoms with Crippen LogP contribution >= 0.6 is 0 Å². The number of hydrogen-bond donors (Lipinski definition) is 2. The number of allylic oxidation sites excluding steroid dienone is 1.